The van der Waals surface area contributed by atoms with Crippen molar-refractivity contribution >= 4 is 23.2 Å². The molecule has 0 aliphatic carbocycles. The van der Waals surface area contributed by atoms with E-state index < -0.39 is 0 Å². The number of ether oxygens (including phenoxy) is 1. The van der Waals surface area contributed by atoms with Gasteiger partial charge in [0.25, 0.3) is 0 Å². The number of methoxy groups -OCH3 is 1. The van der Waals surface area contributed by atoms with Crippen molar-refractivity contribution in [1.82, 2.24) is 15.0 Å². The summed E-state index contributed by atoms with van der Waals surface area (Å²) in [7, 11) is 1.40. The molecular weight excluding hydrogens is 330 g/mol. The highest BCUT2D eigenvalue weighted by Gasteiger charge is 2.27. The molecule has 0 radical (unpaired) electrons. The molecule has 1 aliphatic rings. The maximum Gasteiger partial charge on any atom is 0.308 e. The van der Waals surface area contributed by atoms with Crippen LogP contribution < -0.4 is 0 Å². The number of aromatic nitrogens is 2. The Morgan fingerprint density at radius 2 is 2.21 bits per heavy atom. The van der Waals surface area contributed by atoms with E-state index in [4.69, 9.17) is 9.26 Å². The number of hydrogen-bond acceptors (Lipinski definition) is 7. The van der Waals surface area contributed by atoms with Crippen LogP contribution in [0, 0.1) is 5.92 Å². The monoisotopic (exact) mass is 349 g/mol. The van der Waals surface area contributed by atoms with Crippen molar-refractivity contribution in [3.05, 3.63) is 22.7 Å². The summed E-state index contributed by atoms with van der Waals surface area (Å²) >= 11 is 1.57. The number of likely N-dealkylation sites (tertiary alicyclic amines) is 1. The molecule has 3 heterocycles. The second-order valence-corrected chi connectivity index (χ2v) is 6.48. The Morgan fingerprint density at radius 3 is 2.88 bits per heavy atom. The van der Waals surface area contributed by atoms with Gasteiger partial charge in [-0.2, -0.15) is 16.3 Å². The average Bonchev–Trinajstić information content (AvgIpc) is 3.30. The van der Waals surface area contributed by atoms with Gasteiger partial charge >= 0.3 is 5.97 Å². The van der Waals surface area contributed by atoms with Crippen molar-refractivity contribution in [2.45, 2.75) is 25.7 Å². The first kappa shape index (κ1) is 16.6. The molecule has 1 fully saturated rings. The highest BCUT2D eigenvalue weighted by Crippen LogP contribution is 2.21. The fourth-order valence-corrected chi connectivity index (χ4v) is 3.40. The normalized spacial score (nSPS) is 15.5. The van der Waals surface area contributed by atoms with Crippen molar-refractivity contribution in [3.63, 3.8) is 0 Å². The minimum absolute atomic E-state index is 0.0496. The predicted octanol–water partition coefficient (Wildman–Crippen LogP) is 2.14. The summed E-state index contributed by atoms with van der Waals surface area (Å²) in [5.74, 6) is 0.789. The van der Waals surface area contributed by atoms with Gasteiger partial charge < -0.3 is 14.2 Å². The van der Waals surface area contributed by atoms with E-state index >= 15 is 0 Å². The number of piperidine rings is 1. The molecule has 1 saturated heterocycles. The zero-order valence-corrected chi connectivity index (χ0v) is 14.3. The second-order valence-electron chi connectivity index (χ2n) is 5.70. The molecule has 0 atom stereocenters. The first-order valence-corrected chi connectivity index (χ1v) is 8.82. The van der Waals surface area contributed by atoms with Gasteiger partial charge in [-0.25, -0.2) is 0 Å². The molecule has 0 spiro atoms. The first-order chi connectivity index (χ1) is 11.7. The van der Waals surface area contributed by atoms with Gasteiger partial charge in [-0.15, -0.1) is 0 Å². The quantitative estimate of drug-likeness (QED) is 0.769. The largest absolute Gasteiger partial charge is 0.469 e. The van der Waals surface area contributed by atoms with Crippen LogP contribution in [0.5, 0.6) is 0 Å². The summed E-state index contributed by atoms with van der Waals surface area (Å²) in [5.41, 5.74) is 0.922. The van der Waals surface area contributed by atoms with Crippen LogP contribution >= 0.6 is 11.3 Å². The Morgan fingerprint density at radius 1 is 1.42 bits per heavy atom. The van der Waals surface area contributed by atoms with Gasteiger partial charge in [-0.3, -0.25) is 9.59 Å². The summed E-state index contributed by atoms with van der Waals surface area (Å²) in [5, 5.41) is 7.83. The Bertz CT molecular complexity index is 690. The number of thiophene rings is 1. The minimum atomic E-state index is -0.186. The third kappa shape index (κ3) is 3.81. The van der Waals surface area contributed by atoms with Crippen LogP contribution in [0.2, 0.25) is 0 Å². The van der Waals surface area contributed by atoms with Gasteiger partial charge in [0.05, 0.1) is 13.0 Å². The van der Waals surface area contributed by atoms with E-state index in [0.717, 1.165) is 5.56 Å². The second kappa shape index (κ2) is 7.57. The third-order valence-corrected chi connectivity index (χ3v) is 4.87. The fourth-order valence-electron chi connectivity index (χ4n) is 2.77. The zero-order chi connectivity index (χ0) is 16.9. The van der Waals surface area contributed by atoms with E-state index in [-0.39, 0.29) is 17.8 Å². The van der Waals surface area contributed by atoms with E-state index in [9.17, 15) is 9.59 Å². The number of carbonyl (C=O) groups is 2. The topological polar surface area (TPSA) is 85.5 Å². The molecule has 0 bridgehead atoms. The Hall–Kier alpha value is -2.22. The number of esters is 1. The summed E-state index contributed by atoms with van der Waals surface area (Å²) < 4.78 is 9.96. The summed E-state index contributed by atoms with van der Waals surface area (Å²) in [6, 6.07) is 1.93. The summed E-state index contributed by atoms with van der Waals surface area (Å²) in [6.45, 7) is 1.17. The van der Waals surface area contributed by atoms with Gasteiger partial charge in [0.2, 0.25) is 17.6 Å². The lowest BCUT2D eigenvalue weighted by atomic mass is 9.97. The van der Waals surface area contributed by atoms with Gasteiger partial charge in [0, 0.05) is 36.9 Å². The van der Waals surface area contributed by atoms with Crippen LogP contribution in [-0.2, 0) is 20.7 Å². The zero-order valence-electron chi connectivity index (χ0n) is 13.4. The highest BCUT2D eigenvalue weighted by atomic mass is 32.1. The molecule has 2 aromatic heterocycles. The Balaban J connectivity index is 1.47. The standard InChI is InChI=1S/C16H19N3O4S/c1-22-16(21)11-4-7-19(8-5-11)14(20)3-2-13-17-15(18-23-13)12-6-9-24-10-12/h6,9-11H,2-5,7-8H2,1H3. The Labute approximate surface area is 143 Å². The van der Waals surface area contributed by atoms with Crippen molar-refractivity contribution in [2.24, 2.45) is 5.92 Å². The molecule has 0 saturated carbocycles. The number of rotatable bonds is 5. The van der Waals surface area contributed by atoms with Crippen LogP contribution in [0.15, 0.2) is 21.3 Å². The maximum absolute atomic E-state index is 12.3. The molecule has 3 rings (SSSR count). The van der Waals surface area contributed by atoms with Gasteiger partial charge in [0.15, 0.2) is 0 Å². The van der Waals surface area contributed by atoms with Gasteiger partial charge in [0.1, 0.15) is 0 Å². The smallest absolute Gasteiger partial charge is 0.308 e. The predicted molar refractivity (Wildman–Crippen MR) is 87.3 cm³/mol. The van der Waals surface area contributed by atoms with Crippen LogP contribution in [0.3, 0.4) is 0 Å². The summed E-state index contributed by atoms with van der Waals surface area (Å²) in [6.07, 6.45) is 2.06. The summed E-state index contributed by atoms with van der Waals surface area (Å²) in [4.78, 5) is 29.9. The van der Waals surface area contributed by atoms with Crippen LogP contribution in [0.4, 0.5) is 0 Å². The number of carbonyl (C=O) groups excluding carboxylic acids is 2. The fraction of sp³-hybridized carbons (Fsp3) is 0.500. The molecule has 1 amide bonds. The molecule has 8 heteroatoms. The molecule has 0 aromatic carbocycles. The van der Waals surface area contributed by atoms with Crippen molar-refractivity contribution < 1.29 is 18.8 Å². The lowest BCUT2D eigenvalue weighted by molar-refractivity contribution is -0.148. The average molecular weight is 349 g/mol. The van der Waals surface area contributed by atoms with E-state index in [1.54, 1.807) is 16.2 Å². The molecule has 0 unspecified atom stereocenters. The molecular formula is C16H19N3O4S. The molecule has 1 aliphatic heterocycles. The molecule has 2 aromatic rings. The first-order valence-electron chi connectivity index (χ1n) is 7.88. The number of hydrogen-bond donors (Lipinski definition) is 0. The SMILES string of the molecule is COC(=O)C1CCN(C(=O)CCc2nc(-c3ccsc3)no2)CC1. The Kier molecular flexibility index (Phi) is 5.24. The number of amides is 1. The lowest BCUT2D eigenvalue weighted by Crippen LogP contribution is -2.40. The van der Waals surface area contributed by atoms with E-state index in [2.05, 4.69) is 10.1 Å². The van der Waals surface area contributed by atoms with Crippen molar-refractivity contribution in [3.8, 4) is 11.4 Å². The minimum Gasteiger partial charge on any atom is -0.469 e. The lowest BCUT2D eigenvalue weighted by Gasteiger charge is -2.30. The molecule has 0 N–H and O–H groups in total. The van der Waals surface area contributed by atoms with Crippen molar-refractivity contribution in [2.75, 3.05) is 20.2 Å². The van der Waals surface area contributed by atoms with E-state index in [1.165, 1.54) is 7.11 Å². The highest BCUT2D eigenvalue weighted by molar-refractivity contribution is 7.08. The number of aryl methyl sites for hydroxylation is 1. The van der Waals surface area contributed by atoms with Crippen LogP contribution in [-0.4, -0.2) is 47.1 Å². The molecule has 7 nitrogen and oxygen atoms in total. The maximum atomic E-state index is 12.3. The van der Waals surface area contributed by atoms with Gasteiger partial charge in [-0.1, -0.05) is 5.16 Å². The van der Waals surface area contributed by atoms with Crippen LogP contribution in [0.25, 0.3) is 11.4 Å². The van der Waals surface area contributed by atoms with Crippen LogP contribution in [0.1, 0.15) is 25.2 Å². The van der Waals surface area contributed by atoms with Crippen molar-refractivity contribution in [1.29, 1.82) is 0 Å². The molecule has 128 valence electrons. The number of nitrogens with zero attached hydrogens (tertiary/aromatic N) is 3. The van der Waals surface area contributed by atoms with E-state index in [1.807, 2.05) is 16.8 Å². The van der Waals surface area contributed by atoms with Gasteiger partial charge in [-0.05, 0) is 24.3 Å². The third-order valence-electron chi connectivity index (χ3n) is 4.18. The molecule has 24 heavy (non-hydrogen) atoms. The van der Waals surface area contributed by atoms with E-state index in [0.29, 0.717) is 50.5 Å².